The van der Waals surface area contributed by atoms with E-state index in [0.29, 0.717) is 30.8 Å². The third-order valence-corrected chi connectivity index (χ3v) is 5.22. The van der Waals surface area contributed by atoms with Crippen LogP contribution in [0.15, 0.2) is 18.2 Å². The second-order valence-electron chi connectivity index (χ2n) is 9.17. The van der Waals surface area contributed by atoms with Gasteiger partial charge in [-0.3, -0.25) is 4.79 Å². The van der Waals surface area contributed by atoms with E-state index >= 15 is 0 Å². The van der Waals surface area contributed by atoms with Crippen molar-refractivity contribution in [2.75, 3.05) is 31.8 Å². The zero-order valence-corrected chi connectivity index (χ0v) is 21.2. The topological polar surface area (TPSA) is 120 Å². The van der Waals surface area contributed by atoms with Crippen LogP contribution < -0.4 is 15.0 Å². The summed E-state index contributed by atoms with van der Waals surface area (Å²) in [6.07, 6.45) is 1.45. The molecule has 1 N–H and O–H groups in total. The molecule has 1 aromatic carbocycles. The Morgan fingerprint density at radius 1 is 1.17 bits per heavy atom. The molecule has 1 heterocycles. The molecule has 1 aliphatic heterocycles. The molecule has 35 heavy (non-hydrogen) atoms. The van der Waals surface area contributed by atoms with Crippen molar-refractivity contribution >= 4 is 29.6 Å². The van der Waals surface area contributed by atoms with E-state index in [1.807, 2.05) is 6.92 Å². The molecule has 0 spiro atoms. The third-order valence-electron chi connectivity index (χ3n) is 5.22. The summed E-state index contributed by atoms with van der Waals surface area (Å²) in [6.45, 7) is 7.60. The van der Waals surface area contributed by atoms with Crippen LogP contribution >= 0.6 is 0 Å². The Labute approximate surface area is 206 Å². The van der Waals surface area contributed by atoms with Crippen LogP contribution in [0.1, 0.15) is 58.9 Å². The van der Waals surface area contributed by atoms with Crippen LogP contribution in [0.25, 0.3) is 0 Å². The molecular weight excluding hydrogens is 456 g/mol. The fourth-order valence-corrected chi connectivity index (χ4v) is 3.51. The monoisotopic (exact) mass is 492 g/mol. The average molecular weight is 493 g/mol. The van der Waals surface area contributed by atoms with Crippen molar-refractivity contribution in [1.82, 2.24) is 5.32 Å². The SMILES string of the molecule is CCCCOC(=O)C(CCC(=O)N1CCc2c(OCC(=O)OC)cccc21)NC(=O)OC(C)(C)C. The highest BCUT2D eigenvalue weighted by Crippen LogP contribution is 2.35. The van der Waals surface area contributed by atoms with Crippen molar-refractivity contribution in [2.24, 2.45) is 0 Å². The van der Waals surface area contributed by atoms with Crippen LogP contribution in [0, 0.1) is 0 Å². The maximum absolute atomic E-state index is 13.0. The summed E-state index contributed by atoms with van der Waals surface area (Å²) in [5, 5.41) is 2.54. The summed E-state index contributed by atoms with van der Waals surface area (Å²) in [4.78, 5) is 50.9. The van der Waals surface area contributed by atoms with E-state index in [4.69, 9.17) is 14.2 Å². The first kappa shape index (κ1) is 27.9. The number of methoxy groups -OCH3 is 1. The lowest BCUT2D eigenvalue weighted by Gasteiger charge is -2.23. The Morgan fingerprint density at radius 3 is 2.57 bits per heavy atom. The first-order chi connectivity index (χ1) is 16.6. The smallest absolute Gasteiger partial charge is 0.408 e. The number of rotatable bonds is 11. The van der Waals surface area contributed by atoms with Crippen LogP contribution in [0.4, 0.5) is 10.5 Å². The summed E-state index contributed by atoms with van der Waals surface area (Å²) in [6, 6.07) is 4.28. The summed E-state index contributed by atoms with van der Waals surface area (Å²) < 4.78 is 20.7. The minimum Gasteiger partial charge on any atom is -0.482 e. The van der Waals surface area contributed by atoms with Crippen LogP contribution in [0.3, 0.4) is 0 Å². The number of amides is 2. The number of alkyl carbamates (subject to hydrolysis) is 1. The quantitative estimate of drug-likeness (QED) is 0.284. The molecule has 2 amide bonds. The number of esters is 2. The van der Waals surface area contributed by atoms with Crippen molar-refractivity contribution in [1.29, 1.82) is 0 Å². The van der Waals surface area contributed by atoms with E-state index in [1.54, 1.807) is 43.9 Å². The molecule has 0 bridgehead atoms. The van der Waals surface area contributed by atoms with E-state index in [1.165, 1.54) is 7.11 Å². The normalized spacial score (nSPS) is 13.5. The van der Waals surface area contributed by atoms with E-state index in [2.05, 4.69) is 10.1 Å². The maximum atomic E-state index is 13.0. The van der Waals surface area contributed by atoms with Crippen molar-refractivity contribution < 1.29 is 38.1 Å². The largest absolute Gasteiger partial charge is 0.482 e. The van der Waals surface area contributed by atoms with E-state index in [9.17, 15) is 19.2 Å². The lowest BCUT2D eigenvalue weighted by atomic mass is 10.1. The summed E-state index contributed by atoms with van der Waals surface area (Å²) >= 11 is 0. The summed E-state index contributed by atoms with van der Waals surface area (Å²) in [7, 11) is 1.28. The fourth-order valence-electron chi connectivity index (χ4n) is 3.51. The molecule has 0 saturated carbocycles. The lowest BCUT2D eigenvalue weighted by molar-refractivity contribution is -0.146. The van der Waals surface area contributed by atoms with Gasteiger partial charge < -0.3 is 29.2 Å². The molecule has 194 valence electrons. The predicted molar refractivity (Wildman–Crippen MR) is 128 cm³/mol. The highest BCUT2D eigenvalue weighted by molar-refractivity contribution is 5.96. The number of anilines is 1. The molecule has 10 nitrogen and oxygen atoms in total. The highest BCUT2D eigenvalue weighted by Gasteiger charge is 2.30. The number of nitrogens with zero attached hydrogens (tertiary/aromatic N) is 1. The van der Waals surface area contributed by atoms with Gasteiger partial charge in [-0.2, -0.15) is 0 Å². The maximum Gasteiger partial charge on any atom is 0.408 e. The number of carbonyl (C=O) groups excluding carboxylic acids is 4. The molecule has 1 aliphatic rings. The number of fused-ring (bicyclic) bond motifs is 1. The molecule has 1 aromatic rings. The Kier molecular flexibility index (Phi) is 10.4. The number of unbranched alkanes of at least 4 members (excludes halogenated alkanes) is 1. The number of hydrogen-bond acceptors (Lipinski definition) is 8. The molecule has 1 atom stereocenters. The number of carbonyl (C=O) groups is 4. The zero-order valence-electron chi connectivity index (χ0n) is 21.2. The summed E-state index contributed by atoms with van der Waals surface area (Å²) in [5.74, 6) is -0.779. The lowest BCUT2D eigenvalue weighted by Crippen LogP contribution is -2.45. The van der Waals surface area contributed by atoms with Crippen molar-refractivity contribution in [3.05, 3.63) is 23.8 Å². The van der Waals surface area contributed by atoms with Gasteiger partial charge in [0.15, 0.2) is 6.61 Å². The van der Waals surface area contributed by atoms with Gasteiger partial charge in [0.2, 0.25) is 5.91 Å². The van der Waals surface area contributed by atoms with Gasteiger partial charge in [0.05, 0.1) is 19.4 Å². The van der Waals surface area contributed by atoms with Gasteiger partial charge in [0.1, 0.15) is 17.4 Å². The van der Waals surface area contributed by atoms with E-state index < -0.39 is 29.7 Å². The number of hydrogen-bond donors (Lipinski definition) is 1. The van der Waals surface area contributed by atoms with Crippen molar-refractivity contribution in [3.8, 4) is 5.75 Å². The molecule has 0 saturated heterocycles. The average Bonchev–Trinajstić information content (AvgIpc) is 3.23. The minimum atomic E-state index is -1.01. The first-order valence-corrected chi connectivity index (χ1v) is 11.8. The Balaban J connectivity index is 2.05. The molecule has 0 aromatic heterocycles. The zero-order chi connectivity index (χ0) is 26.0. The van der Waals surface area contributed by atoms with Gasteiger partial charge in [0.25, 0.3) is 0 Å². The number of benzene rings is 1. The molecule has 1 unspecified atom stereocenters. The van der Waals surface area contributed by atoms with Gasteiger partial charge in [-0.1, -0.05) is 19.4 Å². The van der Waals surface area contributed by atoms with Crippen molar-refractivity contribution in [2.45, 2.75) is 71.4 Å². The van der Waals surface area contributed by atoms with Gasteiger partial charge in [0, 0.05) is 18.5 Å². The highest BCUT2D eigenvalue weighted by atomic mass is 16.6. The Hall–Kier alpha value is -3.30. The van der Waals surface area contributed by atoms with Gasteiger partial charge in [-0.05, 0) is 52.2 Å². The second-order valence-corrected chi connectivity index (χ2v) is 9.17. The van der Waals surface area contributed by atoms with Gasteiger partial charge in [-0.25, -0.2) is 14.4 Å². The van der Waals surface area contributed by atoms with Crippen LogP contribution in [-0.2, 0) is 35.0 Å². The van der Waals surface area contributed by atoms with Gasteiger partial charge in [-0.15, -0.1) is 0 Å². The van der Waals surface area contributed by atoms with Crippen LogP contribution in [-0.4, -0.2) is 62.5 Å². The standard InChI is InChI=1S/C25H36N2O8/c1-6-7-15-33-23(30)18(26-24(31)35-25(2,3)4)11-12-21(28)27-14-13-17-19(27)9-8-10-20(17)34-16-22(29)32-5/h8-10,18H,6-7,11-16H2,1-5H3,(H,26,31). The van der Waals surface area contributed by atoms with Crippen LogP contribution in [0.5, 0.6) is 5.75 Å². The Bertz CT molecular complexity index is 909. The third kappa shape index (κ3) is 8.77. The Morgan fingerprint density at radius 2 is 1.91 bits per heavy atom. The molecular formula is C25H36N2O8. The summed E-state index contributed by atoms with van der Waals surface area (Å²) in [5.41, 5.74) is 0.787. The molecule has 0 aliphatic carbocycles. The first-order valence-electron chi connectivity index (χ1n) is 11.8. The van der Waals surface area contributed by atoms with Crippen molar-refractivity contribution in [3.63, 3.8) is 0 Å². The fraction of sp³-hybridized carbons (Fsp3) is 0.600. The molecule has 0 radical (unpaired) electrons. The molecule has 2 rings (SSSR count). The van der Waals surface area contributed by atoms with E-state index in [0.717, 1.165) is 12.0 Å². The second kappa shape index (κ2) is 13.0. The number of ether oxygens (including phenoxy) is 4. The molecule has 0 fully saturated rings. The van der Waals surface area contributed by atoms with Crippen LogP contribution in [0.2, 0.25) is 0 Å². The van der Waals surface area contributed by atoms with Gasteiger partial charge >= 0.3 is 18.0 Å². The van der Waals surface area contributed by atoms with E-state index in [-0.39, 0.29) is 32.0 Å². The molecule has 10 heteroatoms. The predicted octanol–water partition coefficient (Wildman–Crippen LogP) is 3.14. The minimum absolute atomic E-state index is 0.00995. The number of nitrogens with one attached hydrogen (secondary N) is 1.